The van der Waals surface area contributed by atoms with Gasteiger partial charge in [0, 0.05) is 17.0 Å². The summed E-state index contributed by atoms with van der Waals surface area (Å²) in [6.07, 6.45) is 3.67. The molecule has 0 bridgehead atoms. The van der Waals surface area contributed by atoms with E-state index in [1.54, 1.807) is 0 Å². The maximum Gasteiger partial charge on any atom is 0.103 e. The lowest BCUT2D eigenvalue weighted by atomic mass is 10.1. The quantitative estimate of drug-likeness (QED) is 0.911. The van der Waals surface area contributed by atoms with Crippen LogP contribution in [0.15, 0.2) is 6.07 Å². The van der Waals surface area contributed by atoms with Gasteiger partial charge >= 0.3 is 0 Å². The van der Waals surface area contributed by atoms with Crippen molar-refractivity contribution in [2.75, 3.05) is 11.1 Å². The SMILES string of the molecule is CCSC1CCC(Nc2cc(C)nc(C)c2C#N)C1. The highest BCUT2D eigenvalue weighted by molar-refractivity contribution is 7.99. The molecule has 1 fully saturated rings. The number of pyridine rings is 1. The van der Waals surface area contributed by atoms with Crippen molar-refractivity contribution in [2.24, 2.45) is 0 Å². The van der Waals surface area contributed by atoms with Gasteiger partial charge in [0.1, 0.15) is 6.07 Å². The molecule has 102 valence electrons. The second-order valence-electron chi connectivity index (χ2n) is 5.12. The zero-order chi connectivity index (χ0) is 13.8. The lowest BCUT2D eigenvalue weighted by molar-refractivity contribution is 0.755. The first-order valence-electron chi connectivity index (χ1n) is 6.90. The Morgan fingerprint density at radius 2 is 2.26 bits per heavy atom. The lowest BCUT2D eigenvalue weighted by Crippen LogP contribution is -2.17. The average Bonchev–Trinajstić information content (AvgIpc) is 2.76. The minimum absolute atomic E-state index is 0.498. The van der Waals surface area contributed by atoms with Gasteiger partial charge in [-0.2, -0.15) is 17.0 Å². The molecule has 2 rings (SSSR count). The van der Waals surface area contributed by atoms with Crippen molar-refractivity contribution in [3.8, 4) is 6.07 Å². The van der Waals surface area contributed by atoms with Gasteiger partial charge in [-0.15, -0.1) is 0 Å². The molecule has 19 heavy (non-hydrogen) atoms. The van der Waals surface area contributed by atoms with E-state index in [0.717, 1.165) is 22.3 Å². The van der Waals surface area contributed by atoms with Crippen LogP contribution in [0.25, 0.3) is 0 Å². The number of nitrogens with zero attached hydrogens (tertiary/aromatic N) is 2. The van der Waals surface area contributed by atoms with Crippen LogP contribution in [0, 0.1) is 25.2 Å². The molecule has 1 aliphatic rings. The predicted molar refractivity (Wildman–Crippen MR) is 81.6 cm³/mol. The minimum atomic E-state index is 0.498. The largest absolute Gasteiger partial charge is 0.381 e. The number of hydrogen-bond acceptors (Lipinski definition) is 4. The summed E-state index contributed by atoms with van der Waals surface area (Å²) in [5.74, 6) is 1.19. The molecule has 4 heteroatoms. The molecule has 1 aromatic heterocycles. The molecule has 1 N–H and O–H groups in total. The summed E-state index contributed by atoms with van der Waals surface area (Å²) in [5, 5.41) is 13.6. The topological polar surface area (TPSA) is 48.7 Å². The molecule has 0 aromatic carbocycles. The average molecular weight is 275 g/mol. The molecule has 0 saturated heterocycles. The van der Waals surface area contributed by atoms with Crippen LogP contribution in [0.4, 0.5) is 5.69 Å². The van der Waals surface area contributed by atoms with Gasteiger partial charge in [0.15, 0.2) is 0 Å². The van der Waals surface area contributed by atoms with Crippen molar-refractivity contribution in [3.05, 3.63) is 23.0 Å². The van der Waals surface area contributed by atoms with Gasteiger partial charge in [-0.3, -0.25) is 4.98 Å². The Balaban J connectivity index is 2.10. The molecule has 1 heterocycles. The van der Waals surface area contributed by atoms with Crippen LogP contribution >= 0.6 is 11.8 Å². The minimum Gasteiger partial charge on any atom is -0.381 e. The Morgan fingerprint density at radius 3 is 2.95 bits per heavy atom. The van der Waals surface area contributed by atoms with E-state index in [1.807, 2.05) is 19.9 Å². The number of nitrogens with one attached hydrogen (secondary N) is 1. The summed E-state index contributed by atoms with van der Waals surface area (Å²) in [5.41, 5.74) is 3.44. The second kappa shape index (κ2) is 6.29. The van der Waals surface area contributed by atoms with Crippen molar-refractivity contribution >= 4 is 17.4 Å². The molecule has 2 atom stereocenters. The van der Waals surface area contributed by atoms with Gasteiger partial charge in [-0.1, -0.05) is 6.92 Å². The third kappa shape index (κ3) is 3.42. The number of hydrogen-bond donors (Lipinski definition) is 1. The first-order valence-corrected chi connectivity index (χ1v) is 7.95. The summed E-state index contributed by atoms with van der Waals surface area (Å²) in [6, 6.07) is 4.76. The molecule has 0 radical (unpaired) electrons. The van der Waals surface area contributed by atoms with E-state index in [0.29, 0.717) is 11.6 Å². The highest BCUT2D eigenvalue weighted by Crippen LogP contribution is 2.32. The van der Waals surface area contributed by atoms with Gasteiger partial charge in [0.05, 0.1) is 16.9 Å². The van der Waals surface area contributed by atoms with Crippen LogP contribution < -0.4 is 5.32 Å². The third-order valence-electron chi connectivity index (χ3n) is 3.59. The fraction of sp³-hybridized carbons (Fsp3) is 0.600. The maximum absolute atomic E-state index is 9.27. The highest BCUT2D eigenvalue weighted by atomic mass is 32.2. The molecule has 1 saturated carbocycles. The summed E-state index contributed by atoms with van der Waals surface area (Å²) < 4.78 is 0. The molecule has 0 amide bonds. The van der Waals surface area contributed by atoms with E-state index < -0.39 is 0 Å². The highest BCUT2D eigenvalue weighted by Gasteiger charge is 2.25. The zero-order valence-corrected chi connectivity index (χ0v) is 12.7. The number of aryl methyl sites for hydroxylation is 2. The molecule has 1 aromatic rings. The van der Waals surface area contributed by atoms with Gasteiger partial charge in [0.25, 0.3) is 0 Å². The standard InChI is InChI=1S/C15H21N3S/c1-4-19-13-6-5-12(8-13)18-15-7-10(2)17-11(3)14(15)9-16/h7,12-13H,4-6,8H2,1-3H3,(H,17,18). The van der Waals surface area contributed by atoms with Gasteiger partial charge in [0.2, 0.25) is 0 Å². The van der Waals surface area contributed by atoms with Crippen molar-refractivity contribution < 1.29 is 0 Å². The summed E-state index contributed by atoms with van der Waals surface area (Å²) in [4.78, 5) is 4.36. The summed E-state index contributed by atoms with van der Waals surface area (Å²) in [6.45, 7) is 6.10. The predicted octanol–water partition coefficient (Wildman–Crippen LogP) is 3.66. The van der Waals surface area contributed by atoms with Crippen molar-refractivity contribution in [3.63, 3.8) is 0 Å². The number of thioether (sulfide) groups is 1. The number of nitriles is 1. The van der Waals surface area contributed by atoms with Crippen LogP contribution in [0.3, 0.4) is 0 Å². The Kier molecular flexibility index (Phi) is 4.71. The number of aromatic nitrogens is 1. The fourth-order valence-corrected chi connectivity index (χ4v) is 3.90. The second-order valence-corrected chi connectivity index (χ2v) is 6.69. The molecule has 2 unspecified atom stereocenters. The van der Waals surface area contributed by atoms with E-state index in [2.05, 4.69) is 35.1 Å². The Hall–Kier alpha value is -1.21. The summed E-state index contributed by atoms with van der Waals surface area (Å²) in [7, 11) is 0. The van der Waals surface area contributed by atoms with Gasteiger partial charge in [-0.05, 0) is 44.9 Å². The van der Waals surface area contributed by atoms with Gasteiger partial charge in [-0.25, -0.2) is 0 Å². The van der Waals surface area contributed by atoms with Crippen molar-refractivity contribution in [1.29, 1.82) is 5.26 Å². The lowest BCUT2D eigenvalue weighted by Gasteiger charge is -2.17. The van der Waals surface area contributed by atoms with Crippen LogP contribution in [0.5, 0.6) is 0 Å². The number of anilines is 1. The van der Waals surface area contributed by atoms with Crippen LogP contribution in [0.2, 0.25) is 0 Å². The molecular formula is C15H21N3S. The van der Waals surface area contributed by atoms with E-state index in [4.69, 9.17) is 0 Å². The third-order valence-corrected chi connectivity index (χ3v) is 4.82. The van der Waals surface area contributed by atoms with Crippen LogP contribution in [0.1, 0.15) is 43.1 Å². The Labute approximate surface area is 119 Å². The van der Waals surface area contributed by atoms with Crippen LogP contribution in [-0.4, -0.2) is 22.0 Å². The van der Waals surface area contributed by atoms with E-state index >= 15 is 0 Å². The van der Waals surface area contributed by atoms with E-state index in [9.17, 15) is 5.26 Å². The molecular weight excluding hydrogens is 254 g/mol. The van der Waals surface area contributed by atoms with Gasteiger partial charge < -0.3 is 5.32 Å². The normalized spacial score (nSPS) is 22.2. The van der Waals surface area contributed by atoms with Crippen LogP contribution in [-0.2, 0) is 0 Å². The Morgan fingerprint density at radius 1 is 1.47 bits per heavy atom. The smallest absolute Gasteiger partial charge is 0.103 e. The first kappa shape index (κ1) is 14.2. The van der Waals surface area contributed by atoms with E-state index in [1.165, 1.54) is 25.0 Å². The fourth-order valence-electron chi connectivity index (χ4n) is 2.76. The Bertz CT molecular complexity index is 493. The molecule has 1 aliphatic carbocycles. The zero-order valence-electron chi connectivity index (χ0n) is 11.9. The first-order chi connectivity index (χ1) is 9.13. The monoisotopic (exact) mass is 275 g/mol. The van der Waals surface area contributed by atoms with E-state index in [-0.39, 0.29) is 0 Å². The maximum atomic E-state index is 9.27. The summed E-state index contributed by atoms with van der Waals surface area (Å²) >= 11 is 2.05. The molecule has 0 spiro atoms. The molecule has 3 nitrogen and oxygen atoms in total. The number of rotatable bonds is 4. The van der Waals surface area contributed by atoms with Crippen molar-refractivity contribution in [2.45, 2.75) is 51.3 Å². The molecule has 0 aliphatic heterocycles. The van der Waals surface area contributed by atoms with Crippen molar-refractivity contribution in [1.82, 2.24) is 4.98 Å².